The lowest BCUT2D eigenvalue weighted by Gasteiger charge is -1.98. The number of aliphatic carboxylic acids is 1. The van der Waals surface area contributed by atoms with Crippen LogP contribution in [-0.4, -0.2) is 36.2 Å². The number of carboxylic acids is 1. The van der Waals surface area contributed by atoms with Crippen LogP contribution in [0.5, 0.6) is 0 Å². The Morgan fingerprint density at radius 1 is 1.60 bits per heavy atom. The number of hydrogen-bond acceptors (Lipinski definition) is 3. The molecule has 0 unspecified atom stereocenters. The molecule has 0 atom stereocenters. The van der Waals surface area contributed by atoms with Gasteiger partial charge < -0.3 is 10.4 Å². The summed E-state index contributed by atoms with van der Waals surface area (Å²) in [5, 5.41) is 11.2. The first-order valence-corrected chi connectivity index (χ1v) is 4.58. The average molecular weight is 163 g/mol. The van der Waals surface area contributed by atoms with Crippen molar-refractivity contribution in [3.63, 3.8) is 0 Å². The van der Waals surface area contributed by atoms with Gasteiger partial charge in [-0.25, -0.2) is 0 Å². The molecule has 0 fully saturated rings. The predicted octanol–water partition coefficient (Wildman–Crippen LogP) is 0.414. The third-order valence-corrected chi connectivity index (χ3v) is 1.61. The van der Waals surface area contributed by atoms with Gasteiger partial charge in [0, 0.05) is 18.8 Å². The first kappa shape index (κ1) is 9.78. The van der Waals surface area contributed by atoms with Crippen molar-refractivity contribution < 1.29 is 9.90 Å². The Morgan fingerprint density at radius 2 is 2.30 bits per heavy atom. The van der Waals surface area contributed by atoms with Crippen molar-refractivity contribution >= 4 is 17.7 Å². The van der Waals surface area contributed by atoms with Crippen molar-refractivity contribution in [2.45, 2.75) is 6.42 Å². The second kappa shape index (κ2) is 6.89. The zero-order valence-electron chi connectivity index (χ0n) is 6.09. The van der Waals surface area contributed by atoms with Crippen LogP contribution in [0.2, 0.25) is 0 Å². The van der Waals surface area contributed by atoms with Gasteiger partial charge in [-0.3, -0.25) is 4.79 Å². The van der Waals surface area contributed by atoms with Gasteiger partial charge in [0.2, 0.25) is 0 Å². The van der Waals surface area contributed by atoms with Crippen LogP contribution in [0.4, 0.5) is 0 Å². The minimum absolute atomic E-state index is 0.217. The van der Waals surface area contributed by atoms with E-state index in [1.807, 2.05) is 6.26 Å². The molecule has 0 heterocycles. The zero-order chi connectivity index (χ0) is 7.82. The van der Waals surface area contributed by atoms with Crippen molar-refractivity contribution in [3.8, 4) is 0 Å². The molecule has 0 aliphatic heterocycles. The van der Waals surface area contributed by atoms with Gasteiger partial charge in [-0.1, -0.05) is 0 Å². The van der Waals surface area contributed by atoms with Crippen LogP contribution in [0.25, 0.3) is 0 Å². The molecule has 0 aromatic rings. The monoisotopic (exact) mass is 163 g/mol. The van der Waals surface area contributed by atoms with E-state index in [-0.39, 0.29) is 6.42 Å². The van der Waals surface area contributed by atoms with Crippen LogP contribution in [0.1, 0.15) is 6.42 Å². The number of carbonyl (C=O) groups is 1. The highest BCUT2D eigenvalue weighted by molar-refractivity contribution is 7.98. The summed E-state index contributed by atoms with van der Waals surface area (Å²) in [6.45, 7) is 1.48. The van der Waals surface area contributed by atoms with Gasteiger partial charge in [0.15, 0.2) is 0 Å². The SMILES string of the molecule is CSCCNCCC(=O)O. The molecule has 0 aliphatic rings. The lowest BCUT2D eigenvalue weighted by atomic mass is 10.4. The first-order valence-electron chi connectivity index (χ1n) is 3.19. The van der Waals surface area contributed by atoms with Crippen LogP contribution in [-0.2, 0) is 4.79 Å². The lowest BCUT2D eigenvalue weighted by Crippen LogP contribution is -2.20. The fourth-order valence-corrected chi connectivity index (χ4v) is 0.843. The molecule has 0 bridgehead atoms. The molecule has 0 saturated carbocycles. The van der Waals surface area contributed by atoms with E-state index in [1.54, 1.807) is 11.8 Å². The second-order valence-electron chi connectivity index (χ2n) is 1.89. The van der Waals surface area contributed by atoms with Gasteiger partial charge in [-0.15, -0.1) is 0 Å². The third-order valence-electron chi connectivity index (χ3n) is 0.999. The summed E-state index contributed by atoms with van der Waals surface area (Å²) in [7, 11) is 0. The molecule has 0 aromatic heterocycles. The van der Waals surface area contributed by atoms with Crippen LogP contribution in [0.15, 0.2) is 0 Å². The summed E-state index contributed by atoms with van der Waals surface area (Å²) in [4.78, 5) is 9.99. The topological polar surface area (TPSA) is 49.3 Å². The van der Waals surface area contributed by atoms with E-state index in [4.69, 9.17) is 5.11 Å². The summed E-state index contributed by atoms with van der Waals surface area (Å²) < 4.78 is 0. The molecule has 0 rings (SSSR count). The van der Waals surface area contributed by atoms with Crippen LogP contribution in [0.3, 0.4) is 0 Å². The highest BCUT2D eigenvalue weighted by Crippen LogP contribution is 1.86. The summed E-state index contributed by atoms with van der Waals surface area (Å²) in [6.07, 6.45) is 2.24. The molecule has 3 nitrogen and oxygen atoms in total. The van der Waals surface area contributed by atoms with Crippen molar-refractivity contribution in [1.82, 2.24) is 5.32 Å². The van der Waals surface area contributed by atoms with Gasteiger partial charge in [0.1, 0.15) is 0 Å². The molecule has 10 heavy (non-hydrogen) atoms. The Bertz CT molecular complexity index is 97.7. The van der Waals surface area contributed by atoms with Crippen molar-refractivity contribution in [3.05, 3.63) is 0 Å². The number of nitrogens with one attached hydrogen (secondary N) is 1. The third kappa shape index (κ3) is 7.78. The van der Waals surface area contributed by atoms with Gasteiger partial charge in [-0.2, -0.15) is 11.8 Å². The molecule has 0 saturated heterocycles. The van der Waals surface area contributed by atoms with Crippen LogP contribution >= 0.6 is 11.8 Å². The molecule has 0 spiro atoms. The van der Waals surface area contributed by atoms with E-state index in [2.05, 4.69) is 5.32 Å². The van der Waals surface area contributed by atoms with E-state index in [0.717, 1.165) is 12.3 Å². The minimum Gasteiger partial charge on any atom is -0.481 e. The maximum Gasteiger partial charge on any atom is 0.304 e. The van der Waals surface area contributed by atoms with E-state index >= 15 is 0 Å². The van der Waals surface area contributed by atoms with Crippen molar-refractivity contribution in [1.29, 1.82) is 0 Å². The minimum atomic E-state index is -0.739. The van der Waals surface area contributed by atoms with Gasteiger partial charge in [0.05, 0.1) is 6.42 Å². The highest BCUT2D eigenvalue weighted by Gasteiger charge is 1.93. The summed E-state index contributed by atoms with van der Waals surface area (Å²) in [5.74, 6) is 0.302. The highest BCUT2D eigenvalue weighted by atomic mass is 32.2. The van der Waals surface area contributed by atoms with Crippen molar-refractivity contribution in [2.24, 2.45) is 0 Å². The Hall–Kier alpha value is -0.220. The fraction of sp³-hybridized carbons (Fsp3) is 0.833. The fourth-order valence-electron chi connectivity index (χ4n) is 0.495. The maximum absolute atomic E-state index is 9.99. The Balaban J connectivity index is 2.84. The largest absolute Gasteiger partial charge is 0.481 e. The lowest BCUT2D eigenvalue weighted by molar-refractivity contribution is -0.136. The van der Waals surface area contributed by atoms with Crippen LogP contribution < -0.4 is 5.32 Å². The molecular weight excluding hydrogens is 150 g/mol. The Labute approximate surface area is 65.2 Å². The van der Waals surface area contributed by atoms with Gasteiger partial charge >= 0.3 is 5.97 Å². The molecule has 0 radical (unpaired) electrons. The second-order valence-corrected chi connectivity index (χ2v) is 2.87. The molecular formula is C6H13NO2S. The normalized spacial score (nSPS) is 9.70. The quantitative estimate of drug-likeness (QED) is 0.557. The molecule has 2 N–H and O–H groups in total. The molecule has 0 amide bonds. The Kier molecular flexibility index (Phi) is 6.74. The molecule has 4 heteroatoms. The first-order chi connectivity index (χ1) is 4.77. The van der Waals surface area contributed by atoms with E-state index in [1.165, 1.54) is 0 Å². The molecule has 0 aliphatic carbocycles. The van der Waals surface area contributed by atoms with Gasteiger partial charge in [-0.05, 0) is 6.26 Å². The summed E-state index contributed by atoms with van der Waals surface area (Å²) >= 11 is 1.75. The van der Waals surface area contributed by atoms with Crippen molar-refractivity contribution in [2.75, 3.05) is 25.1 Å². The standard InChI is InChI=1S/C6H13NO2S/c1-10-5-4-7-3-2-6(8)9/h7H,2-5H2,1H3,(H,8,9). The number of carboxylic acid groups (broad SMARTS) is 1. The predicted molar refractivity (Wildman–Crippen MR) is 43.5 cm³/mol. The van der Waals surface area contributed by atoms with E-state index in [0.29, 0.717) is 6.54 Å². The number of thioether (sulfide) groups is 1. The zero-order valence-corrected chi connectivity index (χ0v) is 6.91. The molecule has 60 valence electrons. The molecule has 0 aromatic carbocycles. The maximum atomic E-state index is 9.99. The Morgan fingerprint density at radius 3 is 2.80 bits per heavy atom. The van der Waals surface area contributed by atoms with E-state index < -0.39 is 5.97 Å². The summed E-state index contributed by atoms with van der Waals surface area (Å²) in [5.41, 5.74) is 0. The number of hydrogen-bond donors (Lipinski definition) is 2. The van der Waals surface area contributed by atoms with E-state index in [9.17, 15) is 4.79 Å². The number of rotatable bonds is 6. The van der Waals surface area contributed by atoms with Gasteiger partial charge in [0.25, 0.3) is 0 Å². The summed E-state index contributed by atoms with van der Waals surface area (Å²) in [6, 6.07) is 0. The average Bonchev–Trinajstić information content (AvgIpc) is 1.87. The smallest absolute Gasteiger partial charge is 0.304 e. The van der Waals surface area contributed by atoms with Crippen LogP contribution in [0, 0.1) is 0 Å².